The molecule has 0 aromatic rings. The summed E-state index contributed by atoms with van der Waals surface area (Å²) in [6, 6.07) is 0. The molecule has 1 amide bonds. The number of amides is 1. The summed E-state index contributed by atoms with van der Waals surface area (Å²) in [4.78, 5) is 11.3. The molecule has 0 radical (unpaired) electrons. The van der Waals surface area contributed by atoms with E-state index in [0.717, 1.165) is 30.1 Å². The molecule has 4 saturated carbocycles. The van der Waals surface area contributed by atoms with Gasteiger partial charge in [-0.2, -0.15) is 5.10 Å². The van der Waals surface area contributed by atoms with Crippen molar-refractivity contribution in [3.05, 3.63) is 0 Å². The van der Waals surface area contributed by atoms with E-state index in [0.29, 0.717) is 5.41 Å². The summed E-state index contributed by atoms with van der Waals surface area (Å²) < 4.78 is 0. The Kier molecular flexibility index (Phi) is 4.04. The molecule has 6 atom stereocenters. The van der Waals surface area contributed by atoms with Crippen LogP contribution in [0.2, 0.25) is 0 Å². The fourth-order valence-electron chi connectivity index (χ4n) is 7.41. The van der Waals surface area contributed by atoms with Crippen molar-refractivity contribution in [3.8, 4) is 0 Å². The summed E-state index contributed by atoms with van der Waals surface area (Å²) in [6.07, 6.45) is 13.8. The molecule has 0 bridgehead atoms. The van der Waals surface area contributed by atoms with Crippen molar-refractivity contribution in [2.24, 2.45) is 39.6 Å². The zero-order valence-electron chi connectivity index (χ0n) is 15.7. The van der Waals surface area contributed by atoms with Gasteiger partial charge in [0.25, 0.3) is 0 Å². The molecule has 1 N–H and O–H groups in total. The first-order chi connectivity index (χ1) is 11.4. The van der Waals surface area contributed by atoms with Crippen molar-refractivity contribution >= 4 is 11.6 Å². The van der Waals surface area contributed by atoms with Crippen LogP contribution < -0.4 is 5.43 Å². The van der Waals surface area contributed by atoms with Gasteiger partial charge in [0, 0.05) is 18.1 Å². The van der Waals surface area contributed by atoms with E-state index < -0.39 is 0 Å². The zero-order valence-corrected chi connectivity index (χ0v) is 15.7. The predicted molar refractivity (Wildman–Crippen MR) is 97.6 cm³/mol. The van der Waals surface area contributed by atoms with E-state index in [-0.39, 0.29) is 11.3 Å². The Morgan fingerprint density at radius 3 is 2.67 bits per heavy atom. The molecule has 0 saturated heterocycles. The first kappa shape index (κ1) is 16.6. The monoisotopic (exact) mass is 330 g/mol. The van der Waals surface area contributed by atoms with Gasteiger partial charge in [0.1, 0.15) is 0 Å². The molecule has 24 heavy (non-hydrogen) atoms. The summed E-state index contributed by atoms with van der Waals surface area (Å²) in [5.41, 5.74) is 4.84. The van der Waals surface area contributed by atoms with Gasteiger partial charge >= 0.3 is 0 Å². The van der Waals surface area contributed by atoms with Crippen LogP contribution >= 0.6 is 0 Å². The highest BCUT2D eigenvalue weighted by Gasteiger charge is 2.58. The van der Waals surface area contributed by atoms with Crippen LogP contribution in [0.15, 0.2) is 5.10 Å². The first-order valence-corrected chi connectivity index (χ1v) is 10.3. The molecule has 0 aliphatic heterocycles. The Balaban J connectivity index is 1.59. The van der Waals surface area contributed by atoms with E-state index in [1.807, 2.05) is 0 Å². The van der Waals surface area contributed by atoms with Crippen LogP contribution in [-0.4, -0.2) is 11.6 Å². The van der Waals surface area contributed by atoms with Gasteiger partial charge in [-0.3, -0.25) is 4.79 Å². The Morgan fingerprint density at radius 2 is 1.88 bits per heavy atom. The van der Waals surface area contributed by atoms with Crippen molar-refractivity contribution in [2.75, 3.05) is 0 Å². The highest BCUT2D eigenvalue weighted by atomic mass is 16.2. The van der Waals surface area contributed by atoms with E-state index in [4.69, 9.17) is 0 Å². The number of hydrazone groups is 1. The van der Waals surface area contributed by atoms with Crippen molar-refractivity contribution in [3.63, 3.8) is 0 Å². The van der Waals surface area contributed by atoms with Gasteiger partial charge in [-0.15, -0.1) is 0 Å². The second kappa shape index (κ2) is 5.85. The third-order valence-corrected chi connectivity index (χ3v) is 8.67. The van der Waals surface area contributed by atoms with Gasteiger partial charge in [0.05, 0.1) is 0 Å². The van der Waals surface area contributed by atoms with Gasteiger partial charge in [-0.25, -0.2) is 5.43 Å². The van der Waals surface area contributed by atoms with Gasteiger partial charge in [-0.05, 0) is 80.5 Å². The minimum Gasteiger partial charge on any atom is -0.274 e. The van der Waals surface area contributed by atoms with Crippen molar-refractivity contribution < 1.29 is 4.79 Å². The summed E-state index contributed by atoms with van der Waals surface area (Å²) in [5.74, 6) is 3.58. The molecule has 4 aliphatic carbocycles. The molecule has 4 aliphatic rings. The fourth-order valence-corrected chi connectivity index (χ4v) is 7.41. The number of hydrogen-bond acceptors (Lipinski definition) is 2. The van der Waals surface area contributed by atoms with Crippen molar-refractivity contribution in [2.45, 2.75) is 85.0 Å². The maximum atomic E-state index is 11.3. The number of hydrogen-bond donors (Lipinski definition) is 1. The maximum Gasteiger partial charge on any atom is 0.236 e. The van der Waals surface area contributed by atoms with Crippen molar-refractivity contribution in [1.82, 2.24) is 5.43 Å². The molecular formula is C21H34N2O. The normalized spacial score (nSPS) is 49.2. The van der Waals surface area contributed by atoms with Crippen LogP contribution in [0.3, 0.4) is 0 Å². The highest BCUT2D eigenvalue weighted by molar-refractivity contribution is 5.93. The zero-order chi connectivity index (χ0) is 16.9. The number of nitrogens with zero attached hydrogens (tertiary/aromatic N) is 1. The number of carbonyl (C=O) groups excluding carboxylic acids is 1. The van der Waals surface area contributed by atoms with Crippen LogP contribution in [0.4, 0.5) is 0 Å². The topological polar surface area (TPSA) is 41.5 Å². The summed E-state index contributed by atoms with van der Waals surface area (Å²) >= 11 is 0. The van der Waals surface area contributed by atoms with E-state index in [9.17, 15) is 4.79 Å². The molecule has 0 aromatic heterocycles. The van der Waals surface area contributed by atoms with Crippen LogP contribution in [0.5, 0.6) is 0 Å². The largest absolute Gasteiger partial charge is 0.274 e. The number of rotatable bonds is 1. The molecule has 4 rings (SSSR count). The molecule has 4 fully saturated rings. The highest BCUT2D eigenvalue weighted by Crippen LogP contribution is 2.65. The second-order valence-electron chi connectivity index (χ2n) is 9.62. The fraction of sp³-hybridized carbons (Fsp3) is 0.905. The van der Waals surface area contributed by atoms with Gasteiger partial charge in [0.15, 0.2) is 0 Å². The van der Waals surface area contributed by atoms with Gasteiger partial charge < -0.3 is 0 Å². The molecule has 134 valence electrons. The lowest BCUT2D eigenvalue weighted by molar-refractivity contribution is -0.118. The minimum atomic E-state index is -0.0431. The molecule has 0 spiro atoms. The molecule has 3 heteroatoms. The lowest BCUT2D eigenvalue weighted by Crippen LogP contribution is -2.52. The standard InChI is InChI=1S/C21H34N2O/c1-14(24)22-23-19-10-9-17-16-8-7-15-6-4-5-12-20(15,2)18(16)11-13-21(17,19)3/h15-18H,4-13H2,1-3H3,(H,22,24)/b23-19+/t15-,16+,17+,18+,20-,21-/m0/s1. The third kappa shape index (κ3) is 2.37. The Hall–Kier alpha value is -0.860. The summed E-state index contributed by atoms with van der Waals surface area (Å²) in [7, 11) is 0. The van der Waals surface area contributed by atoms with Crippen LogP contribution in [0.1, 0.15) is 85.0 Å². The second-order valence-corrected chi connectivity index (χ2v) is 9.62. The van der Waals surface area contributed by atoms with Crippen LogP contribution in [-0.2, 0) is 4.79 Å². The predicted octanol–water partition coefficient (Wildman–Crippen LogP) is 4.91. The molecule has 3 nitrogen and oxygen atoms in total. The Bertz CT molecular complexity index is 556. The van der Waals surface area contributed by atoms with Crippen LogP contribution in [0, 0.1) is 34.5 Å². The average molecular weight is 331 g/mol. The number of nitrogens with one attached hydrogen (secondary N) is 1. The molecule has 0 heterocycles. The Labute approximate surface area is 147 Å². The first-order valence-electron chi connectivity index (χ1n) is 10.3. The maximum absolute atomic E-state index is 11.3. The third-order valence-electron chi connectivity index (χ3n) is 8.67. The number of fused-ring (bicyclic) bond motifs is 5. The van der Waals surface area contributed by atoms with E-state index >= 15 is 0 Å². The summed E-state index contributed by atoms with van der Waals surface area (Å²) in [5, 5.41) is 4.53. The molecule has 0 unspecified atom stereocenters. The molecule has 0 aromatic carbocycles. The van der Waals surface area contributed by atoms with Crippen molar-refractivity contribution in [1.29, 1.82) is 0 Å². The smallest absolute Gasteiger partial charge is 0.236 e. The summed E-state index contributed by atoms with van der Waals surface area (Å²) in [6.45, 7) is 6.63. The van der Waals surface area contributed by atoms with E-state index in [1.165, 1.54) is 63.5 Å². The SMILES string of the molecule is CC(=O)N/N=C1\CC[C@@H]2[C@H]3CC[C@@H]4CCCC[C@]4(C)[C@@H]3CC[C@]12C. The average Bonchev–Trinajstić information content (AvgIpc) is 2.89. The van der Waals surface area contributed by atoms with Crippen LogP contribution in [0.25, 0.3) is 0 Å². The number of carbonyl (C=O) groups is 1. The van der Waals surface area contributed by atoms with E-state index in [2.05, 4.69) is 24.4 Å². The molecular weight excluding hydrogens is 296 g/mol. The van der Waals surface area contributed by atoms with Gasteiger partial charge in [0.2, 0.25) is 5.91 Å². The quantitative estimate of drug-likeness (QED) is 0.682. The lowest BCUT2D eigenvalue weighted by atomic mass is 9.45. The van der Waals surface area contributed by atoms with E-state index in [1.54, 1.807) is 6.92 Å². The Morgan fingerprint density at radius 1 is 1.04 bits per heavy atom. The minimum absolute atomic E-state index is 0.0431. The van der Waals surface area contributed by atoms with Gasteiger partial charge in [-0.1, -0.05) is 26.7 Å². The lowest BCUT2D eigenvalue weighted by Gasteiger charge is -2.59.